The van der Waals surface area contributed by atoms with Crippen LogP contribution < -0.4 is 16.0 Å². The van der Waals surface area contributed by atoms with Crippen molar-refractivity contribution in [2.24, 2.45) is 17.3 Å². The van der Waals surface area contributed by atoms with Crippen molar-refractivity contribution in [1.29, 1.82) is 5.26 Å². The Balaban J connectivity index is 2.51. The van der Waals surface area contributed by atoms with Gasteiger partial charge in [0.05, 0.1) is 17.8 Å². The van der Waals surface area contributed by atoms with Crippen molar-refractivity contribution in [3.63, 3.8) is 0 Å². The molecular weight excluding hydrogens is 560 g/mol. The minimum atomic E-state index is -5.87. The largest absolute Gasteiger partial charge is 0.405 e. The zero-order valence-electron chi connectivity index (χ0n) is 24.4. The fraction of sp³-hybridized carbons (Fsp3) is 0.846. The monoisotopic (exact) mass is 599 g/mol. The molecular formula is C26H39F6N5O4. The molecule has 0 aromatic heterocycles. The first-order chi connectivity index (χ1) is 18.4. The summed E-state index contributed by atoms with van der Waals surface area (Å²) < 4.78 is 91.5. The lowest BCUT2D eigenvalue weighted by Crippen LogP contribution is -2.57. The molecule has 0 radical (unpaired) electrons. The van der Waals surface area contributed by atoms with Gasteiger partial charge in [-0.15, -0.1) is 0 Å². The van der Waals surface area contributed by atoms with E-state index in [4.69, 9.17) is 4.74 Å². The van der Waals surface area contributed by atoms with Gasteiger partial charge in [-0.1, -0.05) is 6.92 Å². The molecule has 2 rings (SSSR count). The standard InChI is InChI=1S/C26H39F6N5O4/c1-13-18(20(39)35-16(11-33)9-15-10-23(6,7)36-19(15)38)37(12-24(13,25(27,28)29)26(30,31)32)21(40)17(34-8)14(2)41-22(3,4)5/h13-18,34H,9-10,12H2,1-8H3,(H,35,39)(H,36,38). The van der Waals surface area contributed by atoms with E-state index in [0.717, 1.165) is 0 Å². The number of rotatable bonds is 8. The number of amides is 3. The molecule has 2 aliphatic heterocycles. The maximum absolute atomic E-state index is 14.3. The molecule has 2 heterocycles. The molecule has 0 aromatic carbocycles. The third-order valence-electron chi connectivity index (χ3n) is 7.74. The maximum Gasteiger partial charge on any atom is 0.405 e. The summed E-state index contributed by atoms with van der Waals surface area (Å²) in [5.74, 6) is -6.13. The molecule has 6 atom stereocenters. The van der Waals surface area contributed by atoms with Crippen LogP contribution in [-0.4, -0.2) is 83.9 Å². The first-order valence-electron chi connectivity index (χ1n) is 13.2. The lowest BCUT2D eigenvalue weighted by molar-refractivity contribution is -0.347. The fourth-order valence-corrected chi connectivity index (χ4v) is 5.92. The SMILES string of the molecule is CNC(C(=O)N1CC(C(F)(F)F)(C(F)(F)F)C(C)C1C(=O)NC(C#N)CC1CC(C)(C)NC1=O)C(C)OC(C)(C)C. The number of hydrogen-bond donors (Lipinski definition) is 3. The summed E-state index contributed by atoms with van der Waals surface area (Å²) in [6, 6.07) is -3.28. The Bertz CT molecular complexity index is 1030. The van der Waals surface area contributed by atoms with E-state index < -0.39 is 89.2 Å². The van der Waals surface area contributed by atoms with Gasteiger partial charge in [0.1, 0.15) is 18.1 Å². The number of likely N-dealkylation sites (tertiary alicyclic amines) is 1. The summed E-state index contributed by atoms with van der Waals surface area (Å²) >= 11 is 0. The Labute approximate surface area is 235 Å². The van der Waals surface area contributed by atoms with Crippen LogP contribution in [-0.2, 0) is 19.1 Å². The van der Waals surface area contributed by atoms with Gasteiger partial charge in [-0.2, -0.15) is 31.6 Å². The Kier molecular flexibility index (Phi) is 9.78. The highest BCUT2D eigenvalue weighted by Gasteiger charge is 2.79. The average Bonchev–Trinajstić information content (AvgIpc) is 3.24. The van der Waals surface area contributed by atoms with Crippen LogP contribution in [0.4, 0.5) is 26.3 Å². The van der Waals surface area contributed by atoms with Crippen LogP contribution in [0.1, 0.15) is 61.3 Å². The van der Waals surface area contributed by atoms with E-state index in [9.17, 15) is 46.0 Å². The molecule has 0 bridgehead atoms. The minimum absolute atomic E-state index is 0.216. The van der Waals surface area contributed by atoms with E-state index in [-0.39, 0.29) is 11.3 Å². The number of carbonyl (C=O) groups is 3. The van der Waals surface area contributed by atoms with Gasteiger partial charge in [-0.05, 0) is 61.4 Å². The second-order valence-corrected chi connectivity index (χ2v) is 12.6. The van der Waals surface area contributed by atoms with Crippen molar-refractivity contribution in [3.8, 4) is 6.07 Å². The number of halogens is 6. The summed E-state index contributed by atoms with van der Waals surface area (Å²) in [5, 5.41) is 17.1. The quantitative estimate of drug-likeness (QED) is 0.369. The summed E-state index contributed by atoms with van der Waals surface area (Å²) in [6.45, 7) is 8.64. The number of nitrogens with zero attached hydrogens (tertiary/aromatic N) is 2. The van der Waals surface area contributed by atoms with Gasteiger partial charge in [0, 0.05) is 23.9 Å². The number of likely N-dealkylation sites (N-methyl/N-ethyl adjacent to an activating group) is 1. The first-order valence-corrected chi connectivity index (χ1v) is 13.2. The van der Waals surface area contributed by atoms with Crippen LogP contribution in [0, 0.1) is 28.6 Å². The van der Waals surface area contributed by atoms with E-state index in [2.05, 4.69) is 16.0 Å². The zero-order valence-corrected chi connectivity index (χ0v) is 24.4. The van der Waals surface area contributed by atoms with E-state index in [1.54, 1.807) is 40.7 Å². The number of nitriles is 1. The predicted molar refractivity (Wildman–Crippen MR) is 135 cm³/mol. The number of nitrogens with one attached hydrogen (secondary N) is 3. The summed E-state index contributed by atoms with van der Waals surface area (Å²) in [6.07, 6.45) is -12.7. The molecule has 6 unspecified atom stereocenters. The van der Waals surface area contributed by atoms with Crippen molar-refractivity contribution < 1.29 is 45.5 Å². The minimum Gasteiger partial charge on any atom is -0.371 e. The zero-order chi connectivity index (χ0) is 31.9. The van der Waals surface area contributed by atoms with Crippen LogP contribution in [0.25, 0.3) is 0 Å². The molecule has 3 amide bonds. The Hall–Kier alpha value is -2.60. The van der Waals surface area contributed by atoms with Crippen molar-refractivity contribution in [2.75, 3.05) is 13.6 Å². The highest BCUT2D eigenvalue weighted by atomic mass is 19.4. The number of hydrogen-bond acceptors (Lipinski definition) is 6. The Morgan fingerprint density at radius 2 is 1.71 bits per heavy atom. The smallest absolute Gasteiger partial charge is 0.371 e. The van der Waals surface area contributed by atoms with E-state index >= 15 is 0 Å². The van der Waals surface area contributed by atoms with Gasteiger partial charge in [0.2, 0.25) is 17.7 Å². The van der Waals surface area contributed by atoms with Gasteiger partial charge in [-0.25, -0.2) is 0 Å². The van der Waals surface area contributed by atoms with Crippen molar-refractivity contribution in [2.45, 2.75) is 109 Å². The molecule has 234 valence electrons. The third-order valence-corrected chi connectivity index (χ3v) is 7.74. The molecule has 2 saturated heterocycles. The van der Waals surface area contributed by atoms with Crippen LogP contribution >= 0.6 is 0 Å². The van der Waals surface area contributed by atoms with Gasteiger partial charge < -0.3 is 25.6 Å². The van der Waals surface area contributed by atoms with E-state index in [1.807, 2.05) is 0 Å². The second-order valence-electron chi connectivity index (χ2n) is 12.6. The predicted octanol–water partition coefficient (Wildman–Crippen LogP) is 3.05. The molecule has 2 fully saturated rings. The first kappa shape index (κ1) is 34.6. The summed E-state index contributed by atoms with van der Waals surface area (Å²) in [7, 11) is 1.29. The van der Waals surface area contributed by atoms with E-state index in [0.29, 0.717) is 13.3 Å². The van der Waals surface area contributed by atoms with Crippen molar-refractivity contribution >= 4 is 17.7 Å². The second kappa shape index (κ2) is 11.6. The Morgan fingerprint density at radius 3 is 2.10 bits per heavy atom. The summed E-state index contributed by atoms with van der Waals surface area (Å²) in [5.41, 5.74) is -5.82. The molecule has 0 aromatic rings. The van der Waals surface area contributed by atoms with Crippen LogP contribution in [0.3, 0.4) is 0 Å². The third kappa shape index (κ3) is 7.07. The summed E-state index contributed by atoms with van der Waals surface area (Å²) in [4.78, 5) is 39.6. The molecule has 41 heavy (non-hydrogen) atoms. The average molecular weight is 600 g/mol. The lowest BCUT2D eigenvalue weighted by atomic mass is 9.74. The van der Waals surface area contributed by atoms with Gasteiger partial charge in [0.15, 0.2) is 5.41 Å². The topological polar surface area (TPSA) is 124 Å². The normalized spacial score (nSPS) is 26.6. The van der Waals surface area contributed by atoms with Gasteiger partial charge in [-0.3, -0.25) is 14.4 Å². The maximum atomic E-state index is 14.3. The van der Waals surface area contributed by atoms with Crippen molar-refractivity contribution in [3.05, 3.63) is 0 Å². The molecule has 15 heteroatoms. The lowest BCUT2D eigenvalue weighted by Gasteiger charge is -2.37. The molecule has 9 nitrogen and oxygen atoms in total. The van der Waals surface area contributed by atoms with Crippen LogP contribution in [0.15, 0.2) is 0 Å². The van der Waals surface area contributed by atoms with Crippen LogP contribution in [0.5, 0.6) is 0 Å². The fourth-order valence-electron chi connectivity index (χ4n) is 5.92. The van der Waals surface area contributed by atoms with Gasteiger partial charge in [0.25, 0.3) is 0 Å². The highest BCUT2D eigenvalue weighted by Crippen LogP contribution is 2.60. The number of alkyl halides is 6. The molecule has 3 N–H and O–H groups in total. The number of ether oxygens (including phenoxy) is 1. The Morgan fingerprint density at radius 1 is 1.17 bits per heavy atom. The highest BCUT2D eigenvalue weighted by molar-refractivity contribution is 5.91. The van der Waals surface area contributed by atoms with Crippen molar-refractivity contribution in [1.82, 2.24) is 20.9 Å². The number of carbonyl (C=O) groups excluding carboxylic acids is 3. The molecule has 0 spiro atoms. The molecule has 0 saturated carbocycles. The van der Waals surface area contributed by atoms with E-state index in [1.165, 1.54) is 14.0 Å². The molecule has 0 aliphatic carbocycles. The van der Waals surface area contributed by atoms with Gasteiger partial charge >= 0.3 is 12.4 Å². The van der Waals surface area contributed by atoms with Crippen LogP contribution in [0.2, 0.25) is 0 Å². The molecule has 2 aliphatic rings.